The lowest BCUT2D eigenvalue weighted by molar-refractivity contribution is -0.137. The molecule has 0 bridgehead atoms. The summed E-state index contributed by atoms with van der Waals surface area (Å²) in [4.78, 5) is 13.9. The van der Waals surface area contributed by atoms with E-state index in [1.807, 2.05) is 43.5 Å². The number of nitrogens with one attached hydrogen (secondary N) is 1. The first kappa shape index (κ1) is 24.8. The Hall–Kier alpha value is -3.32. The number of hydrogen-bond donors (Lipinski definition) is 1. The number of alkyl halides is 3. The van der Waals surface area contributed by atoms with Crippen LogP contribution >= 0.6 is 11.8 Å². The van der Waals surface area contributed by atoms with Gasteiger partial charge < -0.3 is 5.32 Å². The smallest absolute Gasteiger partial charge is 0.352 e. The van der Waals surface area contributed by atoms with Gasteiger partial charge in [0.15, 0.2) is 0 Å². The maximum Gasteiger partial charge on any atom is 0.416 e. The van der Waals surface area contributed by atoms with Crippen LogP contribution < -0.4 is 5.32 Å². The maximum atomic E-state index is 14.1. The zero-order valence-corrected chi connectivity index (χ0v) is 20.0. The molecule has 7 heteroatoms. The summed E-state index contributed by atoms with van der Waals surface area (Å²) in [7, 11) is 0. The molecule has 1 amide bonds. The molecule has 180 valence electrons. The minimum Gasteiger partial charge on any atom is -0.352 e. The highest BCUT2D eigenvalue weighted by Crippen LogP contribution is 2.44. The monoisotopic (exact) mass is 497 g/mol. The number of allylic oxidation sites excluding steroid dienone is 2. The van der Waals surface area contributed by atoms with E-state index < -0.39 is 11.7 Å². The predicted molar refractivity (Wildman–Crippen MR) is 133 cm³/mol. The Morgan fingerprint density at radius 1 is 0.971 bits per heavy atom. The van der Waals surface area contributed by atoms with Gasteiger partial charge in [0.25, 0.3) is 0 Å². The minimum absolute atomic E-state index is 0.0334. The first-order valence-corrected chi connectivity index (χ1v) is 12.2. The van der Waals surface area contributed by atoms with Gasteiger partial charge in [0, 0.05) is 11.4 Å². The van der Waals surface area contributed by atoms with E-state index in [1.54, 1.807) is 17.8 Å². The molecule has 0 aliphatic heterocycles. The van der Waals surface area contributed by atoms with Crippen LogP contribution in [0.4, 0.5) is 17.6 Å². The van der Waals surface area contributed by atoms with Crippen LogP contribution in [-0.4, -0.2) is 12.2 Å². The lowest BCUT2D eigenvalue weighted by Gasteiger charge is -2.10. The molecule has 0 fully saturated rings. The van der Waals surface area contributed by atoms with Gasteiger partial charge in [-0.25, -0.2) is 4.39 Å². The van der Waals surface area contributed by atoms with Crippen molar-refractivity contribution in [1.82, 2.24) is 5.32 Å². The fourth-order valence-corrected chi connectivity index (χ4v) is 4.49. The van der Waals surface area contributed by atoms with Crippen molar-refractivity contribution in [3.05, 3.63) is 106 Å². The summed E-state index contributed by atoms with van der Waals surface area (Å²) in [5.41, 5.74) is 4.93. The topological polar surface area (TPSA) is 29.1 Å². The van der Waals surface area contributed by atoms with Crippen LogP contribution in [-0.2, 0) is 17.5 Å². The highest BCUT2D eigenvalue weighted by molar-refractivity contribution is 7.98. The van der Waals surface area contributed by atoms with E-state index in [-0.39, 0.29) is 24.7 Å². The van der Waals surface area contributed by atoms with Gasteiger partial charge in [-0.05, 0) is 94.6 Å². The molecule has 3 aromatic rings. The molecule has 0 heterocycles. The Balaban J connectivity index is 1.54. The average molecular weight is 498 g/mol. The first-order chi connectivity index (χ1) is 16.7. The zero-order valence-electron chi connectivity index (χ0n) is 19.2. The summed E-state index contributed by atoms with van der Waals surface area (Å²) >= 11 is 1.66. The average Bonchev–Trinajstić information content (AvgIpc) is 3.08. The van der Waals surface area contributed by atoms with E-state index in [0.717, 1.165) is 44.9 Å². The molecule has 0 unspecified atom stereocenters. The molecule has 0 atom stereocenters. The molecule has 1 N–H and O–H groups in total. The Morgan fingerprint density at radius 3 is 2.29 bits per heavy atom. The Labute approximate surface area is 205 Å². The number of thioether (sulfide) groups is 1. The standard InChI is InChI=1S/C28H23F4NOS/c1-17-24(13-18-5-10-22(35-2)11-6-18)23-12-9-21(29)14-26(23)25(17)15-27(34)33-16-19-3-7-20(8-4-19)28(30,31)32/h3-14H,15-16H2,1-2H3,(H,33,34)/b24-13-. The van der Waals surface area contributed by atoms with E-state index in [9.17, 15) is 22.4 Å². The van der Waals surface area contributed by atoms with Gasteiger partial charge in [0.1, 0.15) is 5.82 Å². The third kappa shape index (κ3) is 5.68. The van der Waals surface area contributed by atoms with E-state index >= 15 is 0 Å². The first-order valence-electron chi connectivity index (χ1n) is 10.9. The van der Waals surface area contributed by atoms with Crippen LogP contribution in [0, 0.1) is 5.82 Å². The van der Waals surface area contributed by atoms with Crippen molar-refractivity contribution < 1.29 is 22.4 Å². The van der Waals surface area contributed by atoms with Crippen LogP contribution in [0.1, 0.15) is 41.2 Å². The summed E-state index contributed by atoms with van der Waals surface area (Å²) in [5, 5.41) is 2.76. The summed E-state index contributed by atoms with van der Waals surface area (Å²) in [6.45, 7) is 2.02. The van der Waals surface area contributed by atoms with Crippen molar-refractivity contribution in [2.24, 2.45) is 0 Å². The van der Waals surface area contributed by atoms with Crippen molar-refractivity contribution in [2.45, 2.75) is 31.0 Å². The molecule has 0 saturated carbocycles. The van der Waals surface area contributed by atoms with Gasteiger partial charge in [-0.1, -0.05) is 30.3 Å². The molecule has 0 saturated heterocycles. The normalized spacial score (nSPS) is 14.4. The van der Waals surface area contributed by atoms with Crippen molar-refractivity contribution >= 4 is 34.9 Å². The number of amides is 1. The third-order valence-corrected chi connectivity index (χ3v) is 6.73. The van der Waals surface area contributed by atoms with Gasteiger partial charge in [-0.2, -0.15) is 13.2 Å². The highest BCUT2D eigenvalue weighted by Gasteiger charge is 2.30. The van der Waals surface area contributed by atoms with E-state index in [4.69, 9.17) is 0 Å². The minimum atomic E-state index is -4.40. The molecular formula is C28H23F4NOS. The summed E-state index contributed by atoms with van der Waals surface area (Å²) in [6, 6.07) is 17.4. The highest BCUT2D eigenvalue weighted by atomic mass is 32.2. The number of rotatable bonds is 6. The quantitative estimate of drug-likeness (QED) is 0.281. The second-order valence-electron chi connectivity index (χ2n) is 8.27. The molecule has 0 spiro atoms. The second kappa shape index (κ2) is 10.1. The number of carbonyl (C=O) groups excluding carboxylic acids is 1. The Kier molecular flexibility index (Phi) is 7.17. The van der Waals surface area contributed by atoms with Crippen molar-refractivity contribution in [1.29, 1.82) is 0 Å². The van der Waals surface area contributed by atoms with Crippen LogP contribution in [0.3, 0.4) is 0 Å². The molecule has 1 aliphatic carbocycles. The Bertz CT molecular complexity index is 1310. The molecular weight excluding hydrogens is 474 g/mol. The lowest BCUT2D eigenvalue weighted by atomic mass is 10.0. The third-order valence-electron chi connectivity index (χ3n) is 5.99. The van der Waals surface area contributed by atoms with E-state index in [0.29, 0.717) is 11.1 Å². The number of fused-ring (bicyclic) bond motifs is 1. The number of carbonyl (C=O) groups is 1. The Morgan fingerprint density at radius 2 is 1.66 bits per heavy atom. The van der Waals surface area contributed by atoms with Gasteiger partial charge in [0.2, 0.25) is 5.91 Å². The van der Waals surface area contributed by atoms with Crippen LogP contribution in [0.5, 0.6) is 0 Å². The molecule has 1 aliphatic rings. The summed E-state index contributed by atoms with van der Waals surface area (Å²) in [5.74, 6) is -0.676. The van der Waals surface area contributed by atoms with Gasteiger partial charge in [-0.15, -0.1) is 11.8 Å². The molecule has 2 nitrogen and oxygen atoms in total. The number of halogens is 4. The second-order valence-corrected chi connectivity index (χ2v) is 9.15. The van der Waals surface area contributed by atoms with Crippen molar-refractivity contribution in [3.63, 3.8) is 0 Å². The van der Waals surface area contributed by atoms with Crippen LogP contribution in [0.2, 0.25) is 0 Å². The maximum absolute atomic E-state index is 14.1. The molecule has 0 radical (unpaired) electrons. The zero-order chi connectivity index (χ0) is 25.2. The van der Waals surface area contributed by atoms with Crippen molar-refractivity contribution in [2.75, 3.05) is 6.26 Å². The fraction of sp³-hybridized carbons (Fsp3) is 0.179. The van der Waals surface area contributed by atoms with Gasteiger partial charge >= 0.3 is 6.18 Å². The largest absolute Gasteiger partial charge is 0.416 e. The number of benzene rings is 3. The fourth-order valence-electron chi connectivity index (χ4n) is 4.08. The van der Waals surface area contributed by atoms with E-state index in [2.05, 4.69) is 5.32 Å². The summed E-state index contributed by atoms with van der Waals surface area (Å²) in [6.07, 6.45) is -0.328. The summed E-state index contributed by atoms with van der Waals surface area (Å²) < 4.78 is 52.3. The van der Waals surface area contributed by atoms with Gasteiger partial charge in [0.05, 0.1) is 12.0 Å². The molecule has 0 aromatic heterocycles. The molecule has 4 rings (SSSR count). The van der Waals surface area contributed by atoms with Crippen LogP contribution in [0.15, 0.2) is 77.2 Å². The predicted octanol–water partition coefficient (Wildman–Crippen LogP) is 7.60. The van der Waals surface area contributed by atoms with Crippen LogP contribution in [0.25, 0.3) is 17.2 Å². The molecule has 3 aromatic carbocycles. The lowest BCUT2D eigenvalue weighted by Crippen LogP contribution is -2.22. The van der Waals surface area contributed by atoms with Crippen molar-refractivity contribution in [3.8, 4) is 0 Å². The SMILES string of the molecule is CSc1ccc(/C=C2/C(C)=C(CC(=O)NCc3ccc(C(F)(F)F)cc3)c3cc(F)ccc32)cc1. The van der Waals surface area contributed by atoms with Gasteiger partial charge in [-0.3, -0.25) is 4.79 Å². The number of hydrogen-bond acceptors (Lipinski definition) is 2. The molecule has 35 heavy (non-hydrogen) atoms. The van der Waals surface area contributed by atoms with E-state index in [1.165, 1.54) is 24.3 Å².